The van der Waals surface area contributed by atoms with Crippen LogP contribution in [0.5, 0.6) is 0 Å². The molecular weight excluding hydrogens is 202 g/mol. The third-order valence-electron chi connectivity index (χ3n) is 1.78. The molecule has 0 atom stereocenters. The molecule has 0 aliphatic rings. The van der Waals surface area contributed by atoms with Crippen LogP contribution in [0.3, 0.4) is 0 Å². The van der Waals surface area contributed by atoms with Crippen LogP contribution in [0, 0.1) is 0 Å². The van der Waals surface area contributed by atoms with Crippen molar-refractivity contribution in [2.24, 2.45) is 0 Å². The number of hydrogen-bond acceptors (Lipinski definition) is 2. The van der Waals surface area contributed by atoms with Gasteiger partial charge in [-0.25, -0.2) is 0 Å². The highest BCUT2D eigenvalue weighted by molar-refractivity contribution is 6.17. The van der Waals surface area contributed by atoms with Crippen molar-refractivity contribution in [1.29, 1.82) is 0 Å². The van der Waals surface area contributed by atoms with Crippen LogP contribution in [0.1, 0.15) is 32.6 Å². The Hall–Kier alpha value is -0.280. The summed E-state index contributed by atoms with van der Waals surface area (Å²) >= 11 is 5.50. The van der Waals surface area contributed by atoms with E-state index in [1.807, 2.05) is 6.92 Å². The zero-order valence-corrected chi connectivity index (χ0v) is 9.61. The number of nitrogens with one attached hydrogen (secondary N) is 1. The van der Waals surface area contributed by atoms with Crippen molar-refractivity contribution in [3.8, 4) is 0 Å². The maximum Gasteiger partial charge on any atom is 0.219 e. The molecule has 0 bridgehead atoms. The van der Waals surface area contributed by atoms with Crippen LogP contribution in [0.2, 0.25) is 0 Å². The Bertz CT molecular complexity index is 142. The van der Waals surface area contributed by atoms with Crippen molar-refractivity contribution >= 4 is 17.5 Å². The summed E-state index contributed by atoms with van der Waals surface area (Å²) in [5, 5.41) is 2.84. The van der Waals surface area contributed by atoms with Gasteiger partial charge in [-0.15, -0.1) is 11.6 Å². The van der Waals surface area contributed by atoms with Gasteiger partial charge >= 0.3 is 0 Å². The van der Waals surface area contributed by atoms with E-state index in [4.69, 9.17) is 16.3 Å². The molecule has 0 aromatic heterocycles. The van der Waals surface area contributed by atoms with Gasteiger partial charge in [-0.05, 0) is 26.2 Å². The number of carbonyl (C=O) groups excluding carboxylic acids is 1. The van der Waals surface area contributed by atoms with E-state index in [0.29, 0.717) is 18.8 Å². The zero-order chi connectivity index (χ0) is 10.6. The van der Waals surface area contributed by atoms with Gasteiger partial charge in [0, 0.05) is 32.1 Å². The van der Waals surface area contributed by atoms with E-state index in [0.717, 1.165) is 32.5 Å². The Morgan fingerprint density at radius 2 is 2.14 bits per heavy atom. The van der Waals surface area contributed by atoms with E-state index in [-0.39, 0.29) is 5.91 Å². The first-order valence-electron chi connectivity index (χ1n) is 5.21. The SMILES string of the molecule is CCOCCCNC(=O)CCCCCl. The standard InChI is InChI=1S/C10H20ClNO2/c1-2-14-9-5-8-12-10(13)6-3-4-7-11/h2-9H2,1H3,(H,12,13). The summed E-state index contributed by atoms with van der Waals surface area (Å²) in [6.45, 7) is 4.13. The van der Waals surface area contributed by atoms with Crippen LogP contribution in [-0.4, -0.2) is 31.5 Å². The molecule has 0 fully saturated rings. The normalized spacial score (nSPS) is 10.1. The maximum absolute atomic E-state index is 11.2. The number of rotatable bonds is 9. The third-order valence-corrected chi connectivity index (χ3v) is 2.05. The summed E-state index contributed by atoms with van der Waals surface area (Å²) in [6, 6.07) is 0. The van der Waals surface area contributed by atoms with Crippen LogP contribution >= 0.6 is 11.6 Å². The van der Waals surface area contributed by atoms with Gasteiger partial charge in [0.05, 0.1) is 0 Å². The van der Waals surface area contributed by atoms with E-state index < -0.39 is 0 Å². The predicted octanol–water partition coefficient (Wildman–Crippen LogP) is 1.94. The van der Waals surface area contributed by atoms with Crippen molar-refractivity contribution in [2.75, 3.05) is 25.6 Å². The molecule has 1 N–H and O–H groups in total. The molecule has 3 nitrogen and oxygen atoms in total. The first kappa shape index (κ1) is 13.7. The molecule has 0 aliphatic carbocycles. The minimum atomic E-state index is 0.117. The van der Waals surface area contributed by atoms with Crippen LogP contribution < -0.4 is 5.32 Å². The molecule has 0 aromatic rings. The fraction of sp³-hybridized carbons (Fsp3) is 0.900. The molecule has 14 heavy (non-hydrogen) atoms. The number of alkyl halides is 1. The number of hydrogen-bond donors (Lipinski definition) is 1. The van der Waals surface area contributed by atoms with Gasteiger partial charge in [-0.3, -0.25) is 4.79 Å². The lowest BCUT2D eigenvalue weighted by atomic mass is 10.2. The summed E-state index contributed by atoms with van der Waals surface area (Å²) in [6.07, 6.45) is 3.26. The van der Waals surface area contributed by atoms with E-state index >= 15 is 0 Å². The second-order valence-corrected chi connectivity index (χ2v) is 3.42. The predicted molar refractivity (Wildman–Crippen MR) is 58.7 cm³/mol. The summed E-state index contributed by atoms with van der Waals surface area (Å²) in [5.74, 6) is 0.754. The maximum atomic E-state index is 11.2. The van der Waals surface area contributed by atoms with E-state index in [1.54, 1.807) is 0 Å². The molecule has 4 heteroatoms. The lowest BCUT2D eigenvalue weighted by molar-refractivity contribution is -0.121. The Morgan fingerprint density at radius 3 is 2.79 bits per heavy atom. The smallest absolute Gasteiger partial charge is 0.219 e. The molecular formula is C10H20ClNO2. The zero-order valence-electron chi connectivity index (χ0n) is 8.85. The van der Waals surface area contributed by atoms with Crippen LogP contribution in [0.15, 0.2) is 0 Å². The Kier molecular flexibility index (Phi) is 10.6. The van der Waals surface area contributed by atoms with E-state index in [1.165, 1.54) is 0 Å². The molecule has 0 aromatic carbocycles. The third kappa shape index (κ3) is 9.81. The number of halogens is 1. The fourth-order valence-corrected chi connectivity index (χ4v) is 1.20. The van der Waals surface area contributed by atoms with Gasteiger partial charge in [-0.2, -0.15) is 0 Å². The van der Waals surface area contributed by atoms with Crippen molar-refractivity contribution in [3.05, 3.63) is 0 Å². The molecule has 0 rings (SSSR count). The molecule has 0 unspecified atom stereocenters. The fourth-order valence-electron chi connectivity index (χ4n) is 1.01. The van der Waals surface area contributed by atoms with Gasteiger partial charge < -0.3 is 10.1 Å². The average Bonchev–Trinajstić information content (AvgIpc) is 2.18. The number of amides is 1. The molecule has 84 valence electrons. The molecule has 0 saturated heterocycles. The van der Waals surface area contributed by atoms with Crippen LogP contribution in [0.25, 0.3) is 0 Å². The number of unbranched alkanes of at least 4 members (excludes halogenated alkanes) is 1. The monoisotopic (exact) mass is 221 g/mol. The van der Waals surface area contributed by atoms with Crippen LogP contribution in [0.4, 0.5) is 0 Å². The average molecular weight is 222 g/mol. The molecule has 0 radical (unpaired) electrons. The van der Waals surface area contributed by atoms with Gasteiger partial charge in [0.2, 0.25) is 5.91 Å². The minimum Gasteiger partial charge on any atom is -0.382 e. The van der Waals surface area contributed by atoms with E-state index in [2.05, 4.69) is 5.32 Å². The summed E-state index contributed by atoms with van der Waals surface area (Å²) in [7, 11) is 0. The summed E-state index contributed by atoms with van der Waals surface area (Å²) < 4.78 is 5.15. The summed E-state index contributed by atoms with van der Waals surface area (Å²) in [5.41, 5.74) is 0. The van der Waals surface area contributed by atoms with Crippen molar-refractivity contribution in [1.82, 2.24) is 5.32 Å². The molecule has 0 saturated carbocycles. The first-order valence-corrected chi connectivity index (χ1v) is 5.75. The Labute approximate surface area is 91.2 Å². The highest BCUT2D eigenvalue weighted by Gasteiger charge is 1.99. The van der Waals surface area contributed by atoms with Gasteiger partial charge in [0.25, 0.3) is 0 Å². The largest absolute Gasteiger partial charge is 0.382 e. The second kappa shape index (κ2) is 10.8. The lowest BCUT2D eigenvalue weighted by Gasteiger charge is -2.04. The highest BCUT2D eigenvalue weighted by Crippen LogP contribution is 1.96. The second-order valence-electron chi connectivity index (χ2n) is 3.05. The Morgan fingerprint density at radius 1 is 1.36 bits per heavy atom. The molecule has 0 heterocycles. The minimum absolute atomic E-state index is 0.117. The number of carbonyl (C=O) groups is 1. The van der Waals surface area contributed by atoms with E-state index in [9.17, 15) is 4.79 Å². The first-order chi connectivity index (χ1) is 6.81. The molecule has 0 spiro atoms. The lowest BCUT2D eigenvalue weighted by Crippen LogP contribution is -2.24. The number of ether oxygens (including phenoxy) is 1. The molecule has 1 amide bonds. The highest BCUT2D eigenvalue weighted by atomic mass is 35.5. The Balaban J connectivity index is 3.10. The molecule has 0 aliphatic heterocycles. The van der Waals surface area contributed by atoms with Crippen molar-refractivity contribution < 1.29 is 9.53 Å². The van der Waals surface area contributed by atoms with Gasteiger partial charge in [0.15, 0.2) is 0 Å². The van der Waals surface area contributed by atoms with Crippen LogP contribution in [-0.2, 0) is 9.53 Å². The van der Waals surface area contributed by atoms with Gasteiger partial charge in [-0.1, -0.05) is 0 Å². The quantitative estimate of drug-likeness (QED) is 0.477. The van der Waals surface area contributed by atoms with Crippen molar-refractivity contribution in [2.45, 2.75) is 32.6 Å². The van der Waals surface area contributed by atoms with Gasteiger partial charge in [0.1, 0.15) is 0 Å². The van der Waals surface area contributed by atoms with Crippen molar-refractivity contribution in [3.63, 3.8) is 0 Å². The topological polar surface area (TPSA) is 38.3 Å². The summed E-state index contributed by atoms with van der Waals surface area (Å²) in [4.78, 5) is 11.2.